The fourth-order valence-electron chi connectivity index (χ4n) is 4.29. The van der Waals surface area contributed by atoms with Crippen molar-refractivity contribution >= 4 is 6.08 Å². The lowest BCUT2D eigenvalue weighted by molar-refractivity contribution is -0.00999. The van der Waals surface area contributed by atoms with E-state index in [1.54, 1.807) is 41.5 Å². The number of ether oxygens (including phenoxy) is 1. The van der Waals surface area contributed by atoms with Gasteiger partial charge in [-0.2, -0.15) is 0 Å². The summed E-state index contributed by atoms with van der Waals surface area (Å²) in [6.45, 7) is 0. The number of phenolic OH excluding ortho intramolecular Hbond substituents is 1. The van der Waals surface area contributed by atoms with Crippen molar-refractivity contribution in [2.45, 2.75) is 37.0 Å². The predicted molar refractivity (Wildman–Crippen MR) is 108 cm³/mol. The number of aromatic hydroxyl groups is 1. The van der Waals surface area contributed by atoms with Crippen molar-refractivity contribution in [1.82, 2.24) is 30.0 Å². The van der Waals surface area contributed by atoms with Gasteiger partial charge in [-0.25, -0.2) is 18.7 Å². The third-order valence-corrected chi connectivity index (χ3v) is 5.80. The summed E-state index contributed by atoms with van der Waals surface area (Å²) < 4.78 is 35.4. The molecule has 10 heteroatoms. The minimum Gasteiger partial charge on any atom is -0.507 e. The highest BCUT2D eigenvalue weighted by molar-refractivity contribution is 5.68. The van der Waals surface area contributed by atoms with E-state index in [2.05, 4.69) is 25.5 Å². The van der Waals surface area contributed by atoms with E-state index in [4.69, 9.17) is 4.74 Å². The molecular formula is C21H20F2N6O2. The van der Waals surface area contributed by atoms with E-state index in [0.717, 1.165) is 11.3 Å². The summed E-state index contributed by atoms with van der Waals surface area (Å²) in [5.74, 6) is -2.43. The van der Waals surface area contributed by atoms with Crippen molar-refractivity contribution in [3.8, 4) is 22.7 Å². The summed E-state index contributed by atoms with van der Waals surface area (Å²) in [4.78, 5) is 8.29. The number of imidazole rings is 1. The van der Waals surface area contributed by atoms with Gasteiger partial charge in [0.05, 0.1) is 30.4 Å². The van der Waals surface area contributed by atoms with Crippen LogP contribution in [0, 0.1) is 0 Å². The van der Waals surface area contributed by atoms with Gasteiger partial charge in [0, 0.05) is 43.6 Å². The Morgan fingerprint density at radius 2 is 2.19 bits per heavy atom. The van der Waals surface area contributed by atoms with Crippen molar-refractivity contribution in [2.24, 2.45) is 0 Å². The Hall–Kier alpha value is -3.24. The fraction of sp³-hybridized carbons (Fsp3) is 0.333. The van der Waals surface area contributed by atoms with Crippen molar-refractivity contribution in [2.75, 3.05) is 7.11 Å². The molecule has 0 aliphatic carbocycles. The van der Waals surface area contributed by atoms with Crippen LogP contribution in [0.3, 0.4) is 0 Å². The Morgan fingerprint density at radius 3 is 2.87 bits per heavy atom. The first kappa shape index (κ1) is 19.7. The number of benzene rings is 1. The summed E-state index contributed by atoms with van der Waals surface area (Å²) in [5.41, 5.74) is 2.36. The first-order valence-electron chi connectivity index (χ1n) is 9.83. The molecule has 8 nitrogen and oxygen atoms in total. The van der Waals surface area contributed by atoms with Crippen molar-refractivity contribution < 1.29 is 18.6 Å². The molecule has 4 heterocycles. The molecule has 2 fully saturated rings. The normalized spacial score (nSPS) is 25.8. The fourth-order valence-corrected chi connectivity index (χ4v) is 4.29. The van der Waals surface area contributed by atoms with Crippen LogP contribution in [0.5, 0.6) is 5.75 Å². The van der Waals surface area contributed by atoms with Crippen LogP contribution in [-0.4, -0.2) is 61.1 Å². The van der Waals surface area contributed by atoms with Gasteiger partial charge in [-0.1, -0.05) is 0 Å². The van der Waals surface area contributed by atoms with E-state index in [1.165, 1.54) is 13.3 Å². The Balaban J connectivity index is 1.39. The number of alkyl halides is 2. The second kappa shape index (κ2) is 7.47. The zero-order valence-electron chi connectivity index (χ0n) is 16.6. The minimum absolute atomic E-state index is 0.0324. The Bertz CT molecular complexity index is 1120. The van der Waals surface area contributed by atoms with Crippen LogP contribution in [0.1, 0.15) is 18.7 Å². The lowest BCUT2D eigenvalue weighted by Crippen LogP contribution is -2.47. The number of nitrogens with zero attached hydrogens (tertiary/aromatic N) is 5. The molecule has 31 heavy (non-hydrogen) atoms. The molecule has 0 amide bonds. The third-order valence-electron chi connectivity index (χ3n) is 5.80. The maximum Gasteiger partial charge on any atom is 0.265 e. The number of aromatic nitrogens is 5. The average molecular weight is 426 g/mol. The monoisotopic (exact) mass is 426 g/mol. The number of nitrogens with one attached hydrogen (secondary N) is 1. The molecule has 0 spiro atoms. The van der Waals surface area contributed by atoms with Crippen LogP contribution in [0.25, 0.3) is 23.0 Å². The number of hydrogen-bond acceptors (Lipinski definition) is 7. The van der Waals surface area contributed by atoms with Gasteiger partial charge in [-0.05, 0) is 30.2 Å². The molecule has 0 unspecified atom stereocenters. The van der Waals surface area contributed by atoms with E-state index in [1.807, 2.05) is 6.07 Å². The van der Waals surface area contributed by atoms with Crippen LogP contribution < -0.4 is 5.32 Å². The zero-order chi connectivity index (χ0) is 21.6. The molecule has 2 aliphatic rings. The Kier molecular flexibility index (Phi) is 4.75. The van der Waals surface area contributed by atoms with Gasteiger partial charge in [0.1, 0.15) is 11.4 Å². The standard InChI is InChI=1S/C21H20F2N6O2/c1-31-20-12(6-18-21(22,23)9-15(20)26-18)7-19-25-10-16(27-28-19)14-3-2-13(8-17(14)30)29-5-4-24-11-29/h2-5,7-8,10-11,15,18,20,26,30H,6,9H2,1H3/b12-7-/t15-,18-,20-/m1/s1. The molecular weight excluding hydrogens is 406 g/mol. The van der Waals surface area contributed by atoms with E-state index in [0.29, 0.717) is 17.1 Å². The molecule has 3 aromatic rings. The first-order chi connectivity index (χ1) is 14.9. The van der Waals surface area contributed by atoms with E-state index >= 15 is 0 Å². The van der Waals surface area contributed by atoms with E-state index < -0.39 is 24.1 Å². The molecule has 2 N–H and O–H groups in total. The second-order valence-electron chi connectivity index (χ2n) is 7.74. The third kappa shape index (κ3) is 3.57. The lowest BCUT2D eigenvalue weighted by Gasteiger charge is -2.31. The van der Waals surface area contributed by atoms with Crippen LogP contribution >= 0.6 is 0 Å². The van der Waals surface area contributed by atoms with Gasteiger partial charge in [0.25, 0.3) is 5.92 Å². The summed E-state index contributed by atoms with van der Waals surface area (Å²) in [7, 11) is 1.51. The highest BCUT2D eigenvalue weighted by Crippen LogP contribution is 2.42. The number of phenols is 1. The molecule has 2 aromatic heterocycles. The molecule has 2 aliphatic heterocycles. The molecule has 3 atom stereocenters. The topological polar surface area (TPSA) is 98.0 Å². The first-order valence-corrected chi connectivity index (χ1v) is 9.83. The molecule has 2 bridgehead atoms. The largest absolute Gasteiger partial charge is 0.507 e. The van der Waals surface area contributed by atoms with Gasteiger partial charge in [-0.15, -0.1) is 10.2 Å². The average Bonchev–Trinajstić information content (AvgIpc) is 3.36. The number of methoxy groups -OCH3 is 1. The van der Waals surface area contributed by atoms with E-state index in [-0.39, 0.29) is 18.6 Å². The highest BCUT2D eigenvalue weighted by Gasteiger charge is 2.54. The summed E-state index contributed by atoms with van der Waals surface area (Å²) in [6.07, 6.45) is 7.66. The SMILES string of the molecule is CO[C@@H]1/C(=C\c2ncc(-c3ccc(-n4ccnc4)cc3O)nn2)C[C@H]2N[C@@H]1CC2(F)F. The number of halogens is 2. The van der Waals surface area contributed by atoms with Gasteiger partial charge >= 0.3 is 0 Å². The Morgan fingerprint density at radius 1 is 1.32 bits per heavy atom. The van der Waals surface area contributed by atoms with E-state index in [9.17, 15) is 13.9 Å². The molecule has 1 aromatic carbocycles. The van der Waals surface area contributed by atoms with Gasteiger partial charge in [0.15, 0.2) is 5.82 Å². The number of rotatable bonds is 4. The Labute approximate surface area is 176 Å². The van der Waals surface area contributed by atoms with Crippen LogP contribution in [-0.2, 0) is 4.74 Å². The highest BCUT2D eigenvalue weighted by atomic mass is 19.3. The number of hydrogen-bond donors (Lipinski definition) is 2. The number of fused-ring (bicyclic) bond motifs is 2. The minimum atomic E-state index is -2.76. The number of piperidine rings is 1. The zero-order valence-corrected chi connectivity index (χ0v) is 16.6. The van der Waals surface area contributed by atoms with Crippen molar-refractivity contribution in [3.05, 3.63) is 54.5 Å². The van der Waals surface area contributed by atoms with Crippen LogP contribution in [0.4, 0.5) is 8.78 Å². The maximum absolute atomic E-state index is 14.1. The van der Waals surface area contributed by atoms with Crippen LogP contribution in [0.15, 0.2) is 48.7 Å². The predicted octanol–water partition coefficient (Wildman–Crippen LogP) is 2.60. The van der Waals surface area contributed by atoms with Crippen LogP contribution in [0.2, 0.25) is 0 Å². The van der Waals surface area contributed by atoms with Gasteiger partial charge in [0.2, 0.25) is 0 Å². The maximum atomic E-state index is 14.1. The molecule has 2 saturated heterocycles. The lowest BCUT2D eigenvalue weighted by atomic mass is 9.95. The smallest absolute Gasteiger partial charge is 0.265 e. The summed E-state index contributed by atoms with van der Waals surface area (Å²) in [5, 5.41) is 21.6. The molecule has 0 saturated carbocycles. The van der Waals surface area contributed by atoms with Gasteiger partial charge < -0.3 is 19.7 Å². The molecule has 160 valence electrons. The quantitative estimate of drug-likeness (QED) is 0.662. The summed E-state index contributed by atoms with van der Waals surface area (Å²) >= 11 is 0. The second-order valence-corrected chi connectivity index (χ2v) is 7.74. The summed E-state index contributed by atoms with van der Waals surface area (Å²) in [6, 6.07) is 3.80. The van der Waals surface area contributed by atoms with Crippen molar-refractivity contribution in [1.29, 1.82) is 0 Å². The molecule has 5 rings (SSSR count). The van der Waals surface area contributed by atoms with Crippen molar-refractivity contribution in [3.63, 3.8) is 0 Å². The molecule has 0 radical (unpaired) electrons. The van der Waals surface area contributed by atoms with Gasteiger partial charge in [-0.3, -0.25) is 0 Å².